The molecule has 2 heterocycles. The molecular weight excluding hydrogens is 238 g/mol. The molecule has 0 aliphatic heterocycles. The molecule has 2 aromatic rings. The van der Waals surface area contributed by atoms with Crippen LogP contribution >= 0.6 is 0 Å². The molecule has 1 fully saturated rings. The summed E-state index contributed by atoms with van der Waals surface area (Å²) >= 11 is 0. The number of aromatic nitrogens is 3. The second-order valence-electron chi connectivity index (χ2n) is 5.47. The standard InChI is InChI=1S/C14H21N5/c1-10-6-7-19-13(8-10)17-14(18-19)16-12-5-3-2-4-11(12)9-15/h6-8,11-12H,2-5,9,15H2,1H3,(H,16,18). The van der Waals surface area contributed by atoms with Gasteiger partial charge in [-0.25, -0.2) is 4.52 Å². The second-order valence-corrected chi connectivity index (χ2v) is 5.47. The van der Waals surface area contributed by atoms with Gasteiger partial charge >= 0.3 is 0 Å². The molecule has 5 heteroatoms. The number of nitrogens with one attached hydrogen (secondary N) is 1. The number of fused-ring (bicyclic) bond motifs is 1. The van der Waals surface area contributed by atoms with E-state index in [-0.39, 0.29) is 0 Å². The SMILES string of the molecule is Cc1ccn2nc(NC3CCCCC3CN)nc2c1. The summed E-state index contributed by atoms with van der Waals surface area (Å²) in [6.45, 7) is 2.80. The van der Waals surface area contributed by atoms with Crippen LogP contribution in [0.5, 0.6) is 0 Å². The van der Waals surface area contributed by atoms with Crippen molar-refractivity contribution in [3.05, 3.63) is 23.9 Å². The van der Waals surface area contributed by atoms with Crippen molar-refractivity contribution < 1.29 is 0 Å². The van der Waals surface area contributed by atoms with E-state index in [4.69, 9.17) is 5.73 Å². The third-order valence-corrected chi connectivity index (χ3v) is 4.02. The lowest BCUT2D eigenvalue weighted by Gasteiger charge is -2.30. The number of nitrogens with zero attached hydrogens (tertiary/aromatic N) is 3. The number of hydrogen-bond donors (Lipinski definition) is 2. The van der Waals surface area contributed by atoms with Crippen molar-refractivity contribution in [2.75, 3.05) is 11.9 Å². The van der Waals surface area contributed by atoms with Crippen LogP contribution < -0.4 is 11.1 Å². The molecule has 0 bridgehead atoms. The summed E-state index contributed by atoms with van der Waals surface area (Å²) in [7, 11) is 0. The number of rotatable bonds is 3. The molecule has 5 nitrogen and oxygen atoms in total. The van der Waals surface area contributed by atoms with Crippen molar-refractivity contribution in [3.63, 3.8) is 0 Å². The maximum absolute atomic E-state index is 5.86. The molecule has 0 aromatic carbocycles. The van der Waals surface area contributed by atoms with Crippen LogP contribution in [0.15, 0.2) is 18.3 Å². The fraction of sp³-hybridized carbons (Fsp3) is 0.571. The molecule has 3 rings (SSSR count). The fourth-order valence-electron chi connectivity index (χ4n) is 2.89. The molecule has 0 saturated heterocycles. The fourth-order valence-corrected chi connectivity index (χ4v) is 2.89. The molecule has 1 aliphatic carbocycles. The van der Waals surface area contributed by atoms with E-state index in [0.29, 0.717) is 12.0 Å². The zero-order valence-electron chi connectivity index (χ0n) is 11.3. The average Bonchev–Trinajstić information content (AvgIpc) is 2.80. The van der Waals surface area contributed by atoms with Crippen LogP contribution in [0.2, 0.25) is 0 Å². The largest absolute Gasteiger partial charge is 0.350 e. The summed E-state index contributed by atoms with van der Waals surface area (Å²) in [5.74, 6) is 1.26. The Balaban J connectivity index is 1.80. The van der Waals surface area contributed by atoms with E-state index in [2.05, 4.69) is 22.3 Å². The Hall–Kier alpha value is -1.62. The Morgan fingerprint density at radius 3 is 3.11 bits per heavy atom. The number of pyridine rings is 1. The first-order chi connectivity index (χ1) is 9.26. The predicted molar refractivity (Wildman–Crippen MR) is 76.1 cm³/mol. The third-order valence-electron chi connectivity index (χ3n) is 4.02. The minimum Gasteiger partial charge on any atom is -0.350 e. The number of nitrogens with two attached hydrogens (primary N) is 1. The van der Waals surface area contributed by atoms with Gasteiger partial charge in [-0.05, 0) is 49.9 Å². The Morgan fingerprint density at radius 1 is 1.42 bits per heavy atom. The molecule has 19 heavy (non-hydrogen) atoms. The van der Waals surface area contributed by atoms with Crippen LogP contribution in [-0.4, -0.2) is 27.2 Å². The Kier molecular flexibility index (Phi) is 3.38. The Labute approximate surface area is 113 Å². The number of aryl methyl sites for hydroxylation is 1. The van der Waals surface area contributed by atoms with Crippen molar-refractivity contribution >= 4 is 11.6 Å². The van der Waals surface area contributed by atoms with Gasteiger partial charge in [0.2, 0.25) is 5.95 Å². The number of hydrogen-bond acceptors (Lipinski definition) is 4. The molecule has 3 N–H and O–H groups in total. The van der Waals surface area contributed by atoms with E-state index in [1.807, 2.05) is 22.8 Å². The Bertz CT molecular complexity index is 562. The summed E-state index contributed by atoms with van der Waals surface area (Å²) in [6.07, 6.45) is 6.87. The van der Waals surface area contributed by atoms with Crippen molar-refractivity contribution in [2.45, 2.75) is 38.6 Å². The van der Waals surface area contributed by atoms with E-state index >= 15 is 0 Å². The minimum absolute atomic E-state index is 0.414. The lowest BCUT2D eigenvalue weighted by molar-refractivity contribution is 0.331. The molecule has 102 valence electrons. The average molecular weight is 259 g/mol. The van der Waals surface area contributed by atoms with Crippen LogP contribution in [0.3, 0.4) is 0 Å². The van der Waals surface area contributed by atoms with Gasteiger partial charge in [-0.15, -0.1) is 5.10 Å². The smallest absolute Gasteiger partial charge is 0.243 e. The summed E-state index contributed by atoms with van der Waals surface area (Å²) in [6, 6.07) is 4.49. The normalized spacial score (nSPS) is 23.7. The highest BCUT2D eigenvalue weighted by atomic mass is 15.3. The minimum atomic E-state index is 0.414. The van der Waals surface area contributed by atoms with Gasteiger partial charge in [-0.1, -0.05) is 12.8 Å². The third kappa shape index (κ3) is 2.56. The van der Waals surface area contributed by atoms with Crippen LogP contribution in [0.4, 0.5) is 5.95 Å². The van der Waals surface area contributed by atoms with Gasteiger partial charge in [0, 0.05) is 12.2 Å². The molecule has 2 aromatic heterocycles. The molecule has 1 aliphatic rings. The van der Waals surface area contributed by atoms with E-state index in [9.17, 15) is 0 Å². The maximum atomic E-state index is 5.86. The maximum Gasteiger partial charge on any atom is 0.243 e. The molecule has 2 unspecified atom stereocenters. The zero-order valence-corrected chi connectivity index (χ0v) is 11.3. The molecule has 1 saturated carbocycles. The molecule has 2 atom stereocenters. The van der Waals surface area contributed by atoms with Gasteiger partial charge in [0.1, 0.15) is 0 Å². The summed E-state index contributed by atoms with van der Waals surface area (Å²) in [5, 5.41) is 7.94. The van der Waals surface area contributed by atoms with Crippen LogP contribution in [0.25, 0.3) is 5.65 Å². The summed E-state index contributed by atoms with van der Waals surface area (Å²) in [5.41, 5.74) is 7.95. The lowest BCUT2D eigenvalue weighted by atomic mass is 9.84. The van der Waals surface area contributed by atoms with Crippen LogP contribution in [0, 0.1) is 12.8 Å². The van der Waals surface area contributed by atoms with Crippen LogP contribution in [0.1, 0.15) is 31.2 Å². The van der Waals surface area contributed by atoms with E-state index < -0.39 is 0 Å². The van der Waals surface area contributed by atoms with Gasteiger partial charge in [0.05, 0.1) is 0 Å². The monoisotopic (exact) mass is 259 g/mol. The van der Waals surface area contributed by atoms with Crippen molar-refractivity contribution in [2.24, 2.45) is 11.7 Å². The second kappa shape index (κ2) is 5.17. The quantitative estimate of drug-likeness (QED) is 0.884. The van der Waals surface area contributed by atoms with Gasteiger partial charge in [-0.2, -0.15) is 4.98 Å². The molecule has 0 radical (unpaired) electrons. The van der Waals surface area contributed by atoms with E-state index in [1.165, 1.54) is 24.8 Å². The van der Waals surface area contributed by atoms with Gasteiger partial charge < -0.3 is 11.1 Å². The highest BCUT2D eigenvalue weighted by Crippen LogP contribution is 2.25. The number of anilines is 1. The van der Waals surface area contributed by atoms with E-state index in [0.717, 1.165) is 24.6 Å². The first-order valence-electron chi connectivity index (χ1n) is 7.06. The van der Waals surface area contributed by atoms with Crippen molar-refractivity contribution in [3.8, 4) is 0 Å². The highest BCUT2D eigenvalue weighted by molar-refractivity contribution is 5.45. The van der Waals surface area contributed by atoms with Gasteiger partial charge in [-0.3, -0.25) is 0 Å². The van der Waals surface area contributed by atoms with Gasteiger partial charge in [0.15, 0.2) is 5.65 Å². The van der Waals surface area contributed by atoms with E-state index in [1.54, 1.807) is 0 Å². The Morgan fingerprint density at radius 2 is 2.26 bits per heavy atom. The predicted octanol–water partition coefficient (Wildman–Crippen LogP) is 1.97. The highest BCUT2D eigenvalue weighted by Gasteiger charge is 2.24. The summed E-state index contributed by atoms with van der Waals surface area (Å²) in [4.78, 5) is 4.54. The molecule has 0 spiro atoms. The molecule has 0 amide bonds. The first kappa shape index (κ1) is 12.4. The molecular formula is C14H21N5. The van der Waals surface area contributed by atoms with Crippen molar-refractivity contribution in [1.29, 1.82) is 0 Å². The first-order valence-corrected chi connectivity index (χ1v) is 7.06. The zero-order chi connectivity index (χ0) is 13.2. The topological polar surface area (TPSA) is 68.2 Å². The lowest BCUT2D eigenvalue weighted by Crippen LogP contribution is -2.37. The van der Waals surface area contributed by atoms with Crippen LogP contribution in [-0.2, 0) is 0 Å². The summed E-state index contributed by atoms with van der Waals surface area (Å²) < 4.78 is 1.82. The van der Waals surface area contributed by atoms with Gasteiger partial charge in [0.25, 0.3) is 0 Å². The van der Waals surface area contributed by atoms with Crippen molar-refractivity contribution in [1.82, 2.24) is 14.6 Å².